The standard InChI is InChI=1S/C28H27NO5/c1-16-7-6-8-19(13-16)25-24(26(30)22-14-18(3)23(34-5)15-17(22)2)27(31)28(32)29(25)20-9-11-21(33-4)12-10-20/h6-15,25,30H,1-5H3/b26-24+. The Hall–Kier alpha value is -4.06. The third-order valence-electron chi connectivity index (χ3n) is 6.15. The zero-order valence-corrected chi connectivity index (χ0v) is 19.9. The van der Waals surface area contributed by atoms with E-state index in [1.807, 2.05) is 51.1 Å². The minimum Gasteiger partial charge on any atom is -0.507 e. The molecule has 0 saturated carbocycles. The summed E-state index contributed by atoms with van der Waals surface area (Å²) in [5, 5.41) is 11.4. The van der Waals surface area contributed by atoms with Crippen LogP contribution >= 0.6 is 0 Å². The maximum atomic E-state index is 13.4. The second kappa shape index (κ2) is 9.06. The minimum atomic E-state index is -0.782. The van der Waals surface area contributed by atoms with Crippen molar-refractivity contribution in [2.75, 3.05) is 19.1 Å². The molecule has 0 aliphatic carbocycles. The van der Waals surface area contributed by atoms with Crippen molar-refractivity contribution in [3.05, 3.63) is 94.1 Å². The van der Waals surface area contributed by atoms with Gasteiger partial charge in [0, 0.05) is 11.3 Å². The lowest BCUT2D eigenvalue weighted by atomic mass is 9.92. The maximum Gasteiger partial charge on any atom is 0.300 e. The largest absolute Gasteiger partial charge is 0.507 e. The number of methoxy groups -OCH3 is 2. The van der Waals surface area contributed by atoms with Crippen LogP contribution in [0.2, 0.25) is 0 Å². The molecule has 1 saturated heterocycles. The van der Waals surface area contributed by atoms with Gasteiger partial charge in [-0.15, -0.1) is 0 Å². The second-order valence-electron chi connectivity index (χ2n) is 8.42. The first-order valence-corrected chi connectivity index (χ1v) is 10.9. The predicted molar refractivity (Wildman–Crippen MR) is 131 cm³/mol. The Morgan fingerprint density at radius 1 is 0.882 bits per heavy atom. The SMILES string of the molecule is COc1ccc(N2C(=O)C(=O)/C(=C(/O)c3cc(C)c(OC)cc3C)C2c2cccc(C)c2)cc1. The Kier molecular flexibility index (Phi) is 6.16. The fourth-order valence-electron chi connectivity index (χ4n) is 4.41. The van der Waals surface area contributed by atoms with Gasteiger partial charge in [-0.05, 0) is 73.9 Å². The Bertz CT molecular complexity index is 1310. The highest BCUT2D eigenvalue weighted by Crippen LogP contribution is 2.43. The number of rotatable bonds is 5. The van der Waals surface area contributed by atoms with Gasteiger partial charge in [0.05, 0.1) is 25.8 Å². The van der Waals surface area contributed by atoms with Crippen LogP contribution in [0.25, 0.3) is 5.76 Å². The number of ether oxygens (including phenoxy) is 2. The number of aryl methyl sites for hydroxylation is 3. The van der Waals surface area contributed by atoms with Crippen molar-refractivity contribution in [2.45, 2.75) is 26.8 Å². The molecule has 3 aromatic rings. The molecule has 174 valence electrons. The number of hydrogen-bond acceptors (Lipinski definition) is 5. The number of ketones is 1. The Labute approximate surface area is 199 Å². The molecular formula is C28H27NO5. The van der Waals surface area contributed by atoms with E-state index in [1.54, 1.807) is 44.6 Å². The number of nitrogens with zero attached hydrogens (tertiary/aromatic N) is 1. The van der Waals surface area contributed by atoms with Gasteiger partial charge in [0.15, 0.2) is 0 Å². The molecular weight excluding hydrogens is 430 g/mol. The predicted octanol–water partition coefficient (Wildman–Crippen LogP) is 5.26. The summed E-state index contributed by atoms with van der Waals surface area (Å²) in [6.07, 6.45) is 0. The van der Waals surface area contributed by atoms with Gasteiger partial charge < -0.3 is 14.6 Å². The van der Waals surface area contributed by atoms with E-state index in [4.69, 9.17) is 9.47 Å². The van der Waals surface area contributed by atoms with Crippen LogP contribution in [0.5, 0.6) is 11.5 Å². The summed E-state index contributed by atoms with van der Waals surface area (Å²) in [7, 11) is 3.15. The molecule has 6 nitrogen and oxygen atoms in total. The maximum absolute atomic E-state index is 13.4. The van der Waals surface area contributed by atoms with Crippen LogP contribution in [-0.4, -0.2) is 31.0 Å². The first-order chi connectivity index (χ1) is 16.3. The number of anilines is 1. The molecule has 1 heterocycles. The van der Waals surface area contributed by atoms with Crippen LogP contribution in [0.3, 0.4) is 0 Å². The summed E-state index contributed by atoms with van der Waals surface area (Å²) in [6, 6.07) is 17.3. The van der Waals surface area contributed by atoms with Gasteiger partial charge in [0.1, 0.15) is 17.3 Å². The monoisotopic (exact) mass is 457 g/mol. The molecule has 1 fully saturated rings. The third kappa shape index (κ3) is 3.92. The quantitative estimate of drug-likeness (QED) is 0.322. The van der Waals surface area contributed by atoms with E-state index in [0.717, 1.165) is 22.3 Å². The smallest absolute Gasteiger partial charge is 0.300 e. The molecule has 0 bridgehead atoms. The number of aliphatic hydroxyl groups is 1. The normalized spacial score (nSPS) is 17.2. The highest BCUT2D eigenvalue weighted by molar-refractivity contribution is 6.51. The third-order valence-corrected chi connectivity index (χ3v) is 6.15. The fourth-order valence-corrected chi connectivity index (χ4v) is 4.41. The Morgan fingerprint density at radius 3 is 2.21 bits per heavy atom. The van der Waals surface area contributed by atoms with Crippen LogP contribution in [0.1, 0.15) is 33.9 Å². The lowest BCUT2D eigenvalue weighted by Crippen LogP contribution is -2.29. The van der Waals surface area contributed by atoms with Crippen LogP contribution in [0, 0.1) is 20.8 Å². The highest BCUT2D eigenvalue weighted by atomic mass is 16.5. The van der Waals surface area contributed by atoms with E-state index in [0.29, 0.717) is 22.7 Å². The molecule has 1 N–H and O–H groups in total. The number of carbonyl (C=O) groups is 2. The first-order valence-electron chi connectivity index (χ1n) is 10.9. The Morgan fingerprint density at radius 2 is 1.59 bits per heavy atom. The van der Waals surface area contributed by atoms with Crippen LogP contribution < -0.4 is 14.4 Å². The molecule has 1 unspecified atom stereocenters. The first kappa shape index (κ1) is 23.1. The van der Waals surface area contributed by atoms with Gasteiger partial charge >= 0.3 is 0 Å². The van der Waals surface area contributed by atoms with Gasteiger partial charge in [-0.3, -0.25) is 14.5 Å². The van der Waals surface area contributed by atoms with Gasteiger partial charge in [-0.2, -0.15) is 0 Å². The van der Waals surface area contributed by atoms with Crippen LogP contribution in [0.4, 0.5) is 5.69 Å². The average Bonchev–Trinajstić information content (AvgIpc) is 3.10. The van der Waals surface area contributed by atoms with E-state index in [9.17, 15) is 14.7 Å². The van der Waals surface area contributed by atoms with E-state index < -0.39 is 17.7 Å². The molecule has 34 heavy (non-hydrogen) atoms. The fraction of sp³-hybridized carbons (Fsp3) is 0.214. The van der Waals surface area contributed by atoms with Crippen molar-refractivity contribution < 1.29 is 24.2 Å². The lowest BCUT2D eigenvalue weighted by Gasteiger charge is -2.26. The number of aliphatic hydroxyl groups excluding tert-OH is 1. The molecule has 0 spiro atoms. The lowest BCUT2D eigenvalue weighted by molar-refractivity contribution is -0.132. The molecule has 0 aromatic heterocycles. The van der Waals surface area contributed by atoms with Crippen molar-refractivity contribution in [2.24, 2.45) is 0 Å². The molecule has 1 atom stereocenters. The molecule has 3 aromatic carbocycles. The molecule has 1 amide bonds. The molecule has 1 aliphatic heterocycles. The van der Waals surface area contributed by atoms with E-state index >= 15 is 0 Å². The molecule has 4 rings (SSSR count). The van der Waals surface area contributed by atoms with Crippen molar-refractivity contribution in [3.8, 4) is 11.5 Å². The minimum absolute atomic E-state index is 0.0547. The zero-order chi connectivity index (χ0) is 24.6. The molecule has 0 radical (unpaired) electrons. The average molecular weight is 458 g/mol. The van der Waals surface area contributed by atoms with Crippen molar-refractivity contribution in [1.82, 2.24) is 0 Å². The van der Waals surface area contributed by atoms with E-state index in [2.05, 4.69) is 0 Å². The number of benzene rings is 3. The summed E-state index contributed by atoms with van der Waals surface area (Å²) >= 11 is 0. The van der Waals surface area contributed by atoms with Gasteiger partial charge in [-0.25, -0.2) is 0 Å². The zero-order valence-electron chi connectivity index (χ0n) is 19.9. The van der Waals surface area contributed by atoms with Crippen molar-refractivity contribution >= 4 is 23.1 Å². The number of Topliss-reactive ketones (excluding diaryl/α,β-unsaturated/α-hetero) is 1. The Balaban J connectivity index is 1.96. The summed E-state index contributed by atoms with van der Waals surface area (Å²) in [5.41, 5.74) is 4.34. The van der Waals surface area contributed by atoms with Gasteiger partial charge in [0.2, 0.25) is 0 Å². The van der Waals surface area contributed by atoms with Gasteiger partial charge in [0.25, 0.3) is 11.7 Å². The molecule has 6 heteroatoms. The summed E-state index contributed by atoms with van der Waals surface area (Å²) in [6.45, 7) is 5.64. The summed E-state index contributed by atoms with van der Waals surface area (Å²) in [4.78, 5) is 28.1. The van der Waals surface area contributed by atoms with Crippen LogP contribution in [-0.2, 0) is 9.59 Å². The highest BCUT2D eigenvalue weighted by Gasteiger charge is 2.47. The number of hydrogen-bond donors (Lipinski definition) is 1. The van der Waals surface area contributed by atoms with Crippen molar-refractivity contribution in [3.63, 3.8) is 0 Å². The topological polar surface area (TPSA) is 76.1 Å². The number of amides is 1. The van der Waals surface area contributed by atoms with E-state index in [-0.39, 0.29) is 11.3 Å². The second-order valence-corrected chi connectivity index (χ2v) is 8.42. The van der Waals surface area contributed by atoms with Gasteiger partial charge in [-0.1, -0.05) is 29.8 Å². The number of carbonyl (C=O) groups excluding carboxylic acids is 2. The molecule has 1 aliphatic rings. The summed E-state index contributed by atoms with van der Waals surface area (Å²) < 4.78 is 10.6. The van der Waals surface area contributed by atoms with Crippen LogP contribution in [0.15, 0.2) is 66.2 Å². The summed E-state index contributed by atoms with van der Waals surface area (Å²) in [5.74, 6) is -0.308. The van der Waals surface area contributed by atoms with Crippen molar-refractivity contribution in [1.29, 1.82) is 0 Å². The van der Waals surface area contributed by atoms with E-state index in [1.165, 1.54) is 4.90 Å².